The lowest BCUT2D eigenvalue weighted by Gasteiger charge is -2.37. The average molecular weight is 403 g/mol. The van der Waals surface area contributed by atoms with Crippen molar-refractivity contribution in [2.24, 2.45) is 11.3 Å². The average Bonchev–Trinajstić information content (AvgIpc) is 2.52. The molecule has 0 spiro atoms. The molecule has 2 rings (SSSR count). The summed E-state index contributed by atoms with van der Waals surface area (Å²) in [5.74, 6) is 0.0568. The van der Waals surface area contributed by atoms with Crippen molar-refractivity contribution in [3.63, 3.8) is 0 Å². The molecule has 3 atom stereocenters. The molecule has 3 nitrogen and oxygen atoms in total. The third kappa shape index (κ3) is 6.40. The molecule has 0 bridgehead atoms. The Morgan fingerprint density at radius 1 is 1.31 bits per heavy atom. The molecule has 0 radical (unpaired) electrons. The smallest absolute Gasteiger partial charge is 0.251 e. The second-order valence-electron chi connectivity index (χ2n) is 8.58. The van der Waals surface area contributed by atoms with Crippen LogP contribution in [0.2, 0.25) is 10.0 Å². The van der Waals surface area contributed by atoms with Gasteiger partial charge >= 0.3 is 0 Å². The van der Waals surface area contributed by atoms with Crippen LogP contribution in [0.4, 0.5) is 4.48 Å². The molecular formula is C20H29Cl2FN2O. The number of hydrogen-bond donors (Lipinski definition) is 1. The van der Waals surface area contributed by atoms with Crippen LogP contribution in [0.25, 0.3) is 0 Å². The zero-order valence-corrected chi connectivity index (χ0v) is 17.5. The molecule has 146 valence electrons. The van der Waals surface area contributed by atoms with E-state index in [9.17, 15) is 9.28 Å². The molecular weight excluding hydrogens is 374 g/mol. The number of benzene rings is 1. The summed E-state index contributed by atoms with van der Waals surface area (Å²) < 4.78 is 14.2. The molecule has 1 aromatic carbocycles. The van der Waals surface area contributed by atoms with Gasteiger partial charge in [0.2, 0.25) is 0 Å². The Hall–Kier alpha value is -0.840. The Balaban J connectivity index is 1.95. The highest BCUT2D eigenvalue weighted by molar-refractivity contribution is 6.35. The number of rotatable bonds is 5. The summed E-state index contributed by atoms with van der Waals surface area (Å²) in [6.45, 7) is 8.94. The molecule has 1 aromatic rings. The van der Waals surface area contributed by atoms with Crippen molar-refractivity contribution in [2.75, 3.05) is 6.54 Å². The molecule has 1 saturated heterocycles. The Labute approximate surface area is 166 Å². The molecule has 0 aliphatic carbocycles. The highest BCUT2D eigenvalue weighted by Gasteiger charge is 2.32. The van der Waals surface area contributed by atoms with Crippen LogP contribution >= 0.6 is 23.2 Å². The Morgan fingerprint density at radius 2 is 1.92 bits per heavy atom. The number of nitrogens with zero attached hydrogens (tertiary/aromatic N) is 1. The van der Waals surface area contributed by atoms with Gasteiger partial charge in [-0.25, -0.2) is 0 Å². The van der Waals surface area contributed by atoms with E-state index in [0.717, 1.165) is 30.8 Å². The quantitative estimate of drug-likeness (QED) is 0.621. The molecule has 0 aromatic heterocycles. The van der Waals surface area contributed by atoms with Crippen LogP contribution in [0, 0.1) is 11.3 Å². The molecule has 26 heavy (non-hydrogen) atoms. The van der Waals surface area contributed by atoms with Gasteiger partial charge in [-0.15, -0.1) is 9.60 Å². The summed E-state index contributed by atoms with van der Waals surface area (Å²) in [6, 6.07) is 4.69. The highest BCUT2D eigenvalue weighted by atomic mass is 35.5. The Bertz CT molecular complexity index is 612. The van der Waals surface area contributed by atoms with Gasteiger partial charge in [0.05, 0.1) is 0 Å². The summed E-state index contributed by atoms with van der Waals surface area (Å²) in [6.07, 6.45) is 3.30. The molecule has 1 fully saturated rings. The van der Waals surface area contributed by atoms with Gasteiger partial charge in [-0.3, -0.25) is 4.79 Å². The second kappa shape index (κ2) is 8.90. The van der Waals surface area contributed by atoms with Crippen LogP contribution in [0.3, 0.4) is 0 Å². The van der Waals surface area contributed by atoms with Crippen LogP contribution in [-0.2, 0) is 0 Å². The Kier molecular flexibility index (Phi) is 7.35. The minimum absolute atomic E-state index is 0.0360. The van der Waals surface area contributed by atoms with E-state index in [4.69, 9.17) is 23.2 Å². The molecule has 1 amide bonds. The van der Waals surface area contributed by atoms with E-state index >= 15 is 0 Å². The van der Waals surface area contributed by atoms with Crippen molar-refractivity contribution in [2.45, 2.75) is 65.5 Å². The number of nitrogens with one attached hydrogen (secondary N) is 1. The predicted molar refractivity (Wildman–Crippen MR) is 106 cm³/mol. The first kappa shape index (κ1) is 21.5. The maximum atomic E-state index is 14.2. The fourth-order valence-corrected chi connectivity index (χ4v) is 3.98. The number of amides is 1. The molecule has 1 aliphatic heterocycles. The van der Waals surface area contributed by atoms with Crippen molar-refractivity contribution in [3.8, 4) is 0 Å². The van der Waals surface area contributed by atoms with Crippen molar-refractivity contribution in [1.82, 2.24) is 10.4 Å². The summed E-state index contributed by atoms with van der Waals surface area (Å²) in [7, 11) is 0. The lowest BCUT2D eigenvalue weighted by Crippen LogP contribution is -2.46. The summed E-state index contributed by atoms with van der Waals surface area (Å²) >= 11 is 11.9. The maximum absolute atomic E-state index is 14.2. The number of hydrogen-bond acceptors (Lipinski definition) is 2. The molecule has 1 heterocycles. The topological polar surface area (TPSA) is 32.3 Å². The Morgan fingerprint density at radius 3 is 2.50 bits per heavy atom. The number of halogens is 3. The van der Waals surface area contributed by atoms with Gasteiger partial charge < -0.3 is 5.32 Å². The first-order chi connectivity index (χ1) is 12.0. The highest BCUT2D eigenvalue weighted by Crippen LogP contribution is 2.32. The normalized spacial score (nSPS) is 22.9. The third-order valence-corrected chi connectivity index (χ3v) is 5.54. The van der Waals surface area contributed by atoms with E-state index in [1.54, 1.807) is 18.2 Å². The lowest BCUT2D eigenvalue weighted by atomic mass is 9.82. The van der Waals surface area contributed by atoms with Gasteiger partial charge in [-0.05, 0) is 62.1 Å². The van der Waals surface area contributed by atoms with Gasteiger partial charge in [0.15, 0.2) is 0 Å². The van der Waals surface area contributed by atoms with E-state index < -0.39 is 0 Å². The SMILES string of the molecule is CC(NC(=O)c1cc(Cl)cc(Cl)c1)C1CCN(F)C(CCC(C)(C)C)C1. The van der Waals surface area contributed by atoms with Crippen LogP contribution in [-0.4, -0.2) is 29.7 Å². The fourth-order valence-electron chi connectivity index (χ4n) is 3.46. The van der Waals surface area contributed by atoms with Crippen molar-refractivity contribution in [1.29, 1.82) is 0 Å². The predicted octanol–water partition coefficient (Wildman–Crippen LogP) is 5.90. The largest absolute Gasteiger partial charge is 0.349 e. The zero-order valence-electron chi connectivity index (χ0n) is 16.0. The van der Waals surface area contributed by atoms with E-state index in [0.29, 0.717) is 22.2 Å². The van der Waals surface area contributed by atoms with E-state index in [1.165, 1.54) is 0 Å². The standard InChI is InChI=1S/C20H29Cl2FN2O/c1-13(24-19(26)15-9-16(21)12-17(22)10-15)14-6-8-25(23)18(11-14)5-7-20(2,3)4/h9-10,12-14,18H,5-8,11H2,1-4H3,(H,24,26). The number of carbonyl (C=O) groups excluding carboxylic acids is 1. The maximum Gasteiger partial charge on any atom is 0.251 e. The van der Waals surface area contributed by atoms with Crippen LogP contribution in [0.1, 0.15) is 63.7 Å². The van der Waals surface area contributed by atoms with Crippen LogP contribution in [0.5, 0.6) is 0 Å². The molecule has 0 saturated carbocycles. The van der Waals surface area contributed by atoms with Gasteiger partial charge in [-0.1, -0.05) is 44.0 Å². The third-order valence-electron chi connectivity index (χ3n) is 5.10. The van der Waals surface area contributed by atoms with Crippen LogP contribution < -0.4 is 5.32 Å². The first-order valence-corrected chi connectivity index (χ1v) is 10.00. The summed E-state index contributed by atoms with van der Waals surface area (Å²) in [5.41, 5.74) is 0.640. The van der Waals surface area contributed by atoms with Gasteiger partial charge in [-0.2, -0.15) is 0 Å². The van der Waals surface area contributed by atoms with Gasteiger partial charge in [0.25, 0.3) is 5.91 Å². The van der Waals surface area contributed by atoms with E-state index in [2.05, 4.69) is 26.1 Å². The number of piperidine rings is 1. The van der Waals surface area contributed by atoms with Crippen molar-refractivity contribution in [3.05, 3.63) is 33.8 Å². The van der Waals surface area contributed by atoms with Gasteiger partial charge in [0, 0.05) is 34.2 Å². The van der Waals surface area contributed by atoms with Crippen molar-refractivity contribution < 1.29 is 9.28 Å². The van der Waals surface area contributed by atoms with Gasteiger partial charge in [0.1, 0.15) is 0 Å². The zero-order chi connectivity index (χ0) is 19.5. The fraction of sp³-hybridized carbons (Fsp3) is 0.650. The molecule has 3 unspecified atom stereocenters. The monoisotopic (exact) mass is 402 g/mol. The van der Waals surface area contributed by atoms with Crippen LogP contribution in [0.15, 0.2) is 18.2 Å². The summed E-state index contributed by atoms with van der Waals surface area (Å²) in [5, 5.41) is 4.88. The minimum atomic E-state index is -0.198. The minimum Gasteiger partial charge on any atom is -0.349 e. The molecule has 1 N–H and O–H groups in total. The summed E-state index contributed by atoms with van der Waals surface area (Å²) in [4.78, 5) is 12.5. The molecule has 6 heteroatoms. The van der Waals surface area contributed by atoms with E-state index in [1.807, 2.05) is 6.92 Å². The lowest BCUT2D eigenvalue weighted by molar-refractivity contribution is -0.0675. The van der Waals surface area contributed by atoms with Crippen molar-refractivity contribution >= 4 is 29.1 Å². The number of carbonyl (C=O) groups is 1. The second-order valence-corrected chi connectivity index (χ2v) is 9.45. The molecule has 1 aliphatic rings. The van der Waals surface area contributed by atoms with E-state index in [-0.39, 0.29) is 29.3 Å². The first-order valence-electron chi connectivity index (χ1n) is 9.24.